The summed E-state index contributed by atoms with van der Waals surface area (Å²) in [5.74, 6) is 0. The van der Waals surface area contributed by atoms with Crippen molar-refractivity contribution in [1.29, 1.82) is 0 Å². The molecule has 1 aromatic heterocycles. The minimum atomic E-state index is -0.481. The van der Waals surface area contributed by atoms with Crippen LogP contribution in [0, 0.1) is 10.1 Å². The second kappa shape index (κ2) is 3.38. The van der Waals surface area contributed by atoms with Crippen LogP contribution in [0.25, 0.3) is 0 Å². The van der Waals surface area contributed by atoms with Crippen molar-refractivity contribution >= 4 is 5.69 Å². The maximum absolute atomic E-state index is 10.4. The first kappa shape index (κ1) is 9.14. The maximum atomic E-state index is 10.4. The molecule has 1 aliphatic carbocycles. The number of rotatable bonds is 2. The predicted molar refractivity (Wildman–Crippen MR) is 47.8 cm³/mol. The summed E-state index contributed by atoms with van der Waals surface area (Å²) >= 11 is 0. The zero-order valence-electron chi connectivity index (χ0n) is 7.54. The van der Waals surface area contributed by atoms with Crippen molar-refractivity contribution in [3.63, 3.8) is 0 Å². The number of nitrogens with zero attached hydrogens (tertiary/aromatic N) is 3. The highest BCUT2D eigenvalue weighted by Gasteiger charge is 2.28. The van der Waals surface area contributed by atoms with Crippen LogP contribution in [-0.2, 0) is 0 Å². The Hall–Kier alpha value is -1.43. The molecule has 1 aliphatic rings. The summed E-state index contributed by atoms with van der Waals surface area (Å²) in [6, 6.07) is -0.0938. The van der Waals surface area contributed by atoms with Gasteiger partial charge in [-0.05, 0) is 19.3 Å². The largest absolute Gasteiger partial charge is 0.391 e. The van der Waals surface area contributed by atoms with Gasteiger partial charge in [0, 0.05) is 0 Å². The smallest absolute Gasteiger partial charge is 0.307 e. The molecule has 1 N–H and O–H groups in total. The van der Waals surface area contributed by atoms with Crippen molar-refractivity contribution in [3.8, 4) is 0 Å². The molecule has 6 nitrogen and oxygen atoms in total. The van der Waals surface area contributed by atoms with Crippen LogP contribution < -0.4 is 0 Å². The zero-order valence-corrected chi connectivity index (χ0v) is 7.54. The van der Waals surface area contributed by atoms with E-state index in [1.54, 1.807) is 0 Å². The number of aliphatic hydroxyl groups is 1. The molecular weight excluding hydrogens is 186 g/mol. The lowest BCUT2D eigenvalue weighted by Crippen LogP contribution is -2.18. The lowest BCUT2D eigenvalue weighted by Gasteiger charge is -2.13. The molecule has 0 radical (unpaired) electrons. The van der Waals surface area contributed by atoms with Crippen molar-refractivity contribution in [2.45, 2.75) is 31.4 Å². The Balaban J connectivity index is 2.20. The van der Waals surface area contributed by atoms with E-state index in [-0.39, 0.29) is 11.7 Å². The fourth-order valence-electron chi connectivity index (χ4n) is 1.83. The third-order valence-electron chi connectivity index (χ3n) is 2.58. The minimum Gasteiger partial charge on any atom is -0.391 e. The van der Waals surface area contributed by atoms with Gasteiger partial charge >= 0.3 is 5.69 Å². The summed E-state index contributed by atoms with van der Waals surface area (Å²) in [6.07, 6.45) is 4.69. The SMILES string of the molecule is O=[N+]([O-])c1cnn(C2CCCC2O)c1. The Morgan fingerprint density at radius 1 is 1.64 bits per heavy atom. The molecule has 1 heterocycles. The Morgan fingerprint density at radius 2 is 2.43 bits per heavy atom. The maximum Gasteiger partial charge on any atom is 0.307 e. The Kier molecular flexibility index (Phi) is 2.20. The van der Waals surface area contributed by atoms with Crippen LogP contribution in [0.15, 0.2) is 12.4 Å². The third kappa shape index (κ3) is 1.48. The lowest BCUT2D eigenvalue weighted by molar-refractivity contribution is -0.385. The molecule has 1 saturated carbocycles. The molecule has 14 heavy (non-hydrogen) atoms. The van der Waals surface area contributed by atoms with Crippen molar-refractivity contribution in [3.05, 3.63) is 22.5 Å². The van der Waals surface area contributed by atoms with Crippen LogP contribution >= 0.6 is 0 Å². The number of aromatic nitrogens is 2. The van der Waals surface area contributed by atoms with Gasteiger partial charge < -0.3 is 5.11 Å². The van der Waals surface area contributed by atoms with E-state index < -0.39 is 11.0 Å². The van der Waals surface area contributed by atoms with Crippen LogP contribution in [0.5, 0.6) is 0 Å². The monoisotopic (exact) mass is 197 g/mol. The lowest BCUT2D eigenvalue weighted by atomic mass is 10.2. The first-order chi connectivity index (χ1) is 6.68. The first-order valence-corrected chi connectivity index (χ1v) is 4.55. The zero-order chi connectivity index (χ0) is 10.1. The van der Waals surface area contributed by atoms with Crippen LogP contribution in [0.3, 0.4) is 0 Å². The van der Waals surface area contributed by atoms with Crippen LogP contribution in [-0.4, -0.2) is 25.9 Å². The topological polar surface area (TPSA) is 81.2 Å². The van der Waals surface area contributed by atoms with E-state index in [2.05, 4.69) is 5.10 Å². The molecule has 0 saturated heterocycles. The molecule has 1 aromatic rings. The molecule has 2 unspecified atom stereocenters. The van der Waals surface area contributed by atoms with Gasteiger partial charge in [0.1, 0.15) is 12.4 Å². The quantitative estimate of drug-likeness (QED) is 0.563. The highest BCUT2D eigenvalue weighted by molar-refractivity contribution is 5.21. The number of hydrogen-bond donors (Lipinski definition) is 1. The minimum absolute atomic E-state index is 0.0240. The van der Waals surface area contributed by atoms with E-state index in [0.717, 1.165) is 19.3 Å². The normalized spacial score (nSPS) is 26.6. The van der Waals surface area contributed by atoms with Crippen LogP contribution in [0.4, 0.5) is 5.69 Å². The van der Waals surface area contributed by atoms with Crippen molar-refractivity contribution in [1.82, 2.24) is 9.78 Å². The fourth-order valence-corrected chi connectivity index (χ4v) is 1.83. The van der Waals surface area contributed by atoms with Gasteiger partial charge in [0.05, 0.1) is 17.1 Å². The molecular formula is C8H11N3O3. The molecule has 0 amide bonds. The molecule has 2 rings (SSSR count). The van der Waals surface area contributed by atoms with E-state index in [4.69, 9.17) is 0 Å². The summed E-state index contributed by atoms with van der Waals surface area (Å²) in [5, 5.41) is 23.8. The molecule has 1 fully saturated rings. The molecule has 0 spiro atoms. The Morgan fingerprint density at radius 3 is 2.93 bits per heavy atom. The average Bonchev–Trinajstić information content (AvgIpc) is 2.71. The number of hydrogen-bond acceptors (Lipinski definition) is 4. The van der Waals surface area contributed by atoms with E-state index in [1.807, 2.05) is 0 Å². The van der Waals surface area contributed by atoms with Gasteiger partial charge in [0.15, 0.2) is 0 Å². The van der Waals surface area contributed by atoms with Crippen molar-refractivity contribution in [2.75, 3.05) is 0 Å². The van der Waals surface area contributed by atoms with E-state index in [1.165, 1.54) is 17.1 Å². The summed E-state index contributed by atoms with van der Waals surface area (Å²) in [4.78, 5) is 9.92. The molecule has 0 aliphatic heterocycles. The van der Waals surface area contributed by atoms with Gasteiger partial charge in [-0.2, -0.15) is 5.10 Å². The van der Waals surface area contributed by atoms with Crippen molar-refractivity contribution < 1.29 is 10.0 Å². The van der Waals surface area contributed by atoms with Gasteiger partial charge in [-0.3, -0.25) is 14.8 Å². The summed E-state index contributed by atoms with van der Waals surface area (Å²) in [7, 11) is 0. The van der Waals surface area contributed by atoms with Gasteiger partial charge in [-0.25, -0.2) is 0 Å². The summed E-state index contributed by atoms with van der Waals surface area (Å²) in [6.45, 7) is 0. The van der Waals surface area contributed by atoms with E-state index >= 15 is 0 Å². The first-order valence-electron chi connectivity index (χ1n) is 4.55. The van der Waals surface area contributed by atoms with Crippen LogP contribution in [0.1, 0.15) is 25.3 Å². The molecule has 76 valence electrons. The highest BCUT2D eigenvalue weighted by Crippen LogP contribution is 2.30. The second-order valence-electron chi connectivity index (χ2n) is 3.50. The van der Waals surface area contributed by atoms with E-state index in [0.29, 0.717) is 0 Å². The standard InChI is InChI=1S/C8H11N3O3/c12-8-3-1-2-7(8)10-5-6(4-9-10)11(13)14/h4-5,7-8,12H,1-3H2. The number of aliphatic hydroxyl groups excluding tert-OH is 1. The van der Waals surface area contributed by atoms with Gasteiger partial charge in [-0.15, -0.1) is 0 Å². The molecule has 2 atom stereocenters. The molecule has 6 heteroatoms. The van der Waals surface area contributed by atoms with Gasteiger partial charge in [-0.1, -0.05) is 0 Å². The summed E-state index contributed by atoms with van der Waals surface area (Å²) < 4.78 is 1.50. The third-order valence-corrected chi connectivity index (χ3v) is 2.58. The highest BCUT2D eigenvalue weighted by atomic mass is 16.6. The second-order valence-corrected chi connectivity index (χ2v) is 3.50. The van der Waals surface area contributed by atoms with E-state index in [9.17, 15) is 15.2 Å². The fraction of sp³-hybridized carbons (Fsp3) is 0.625. The van der Waals surface area contributed by atoms with Crippen molar-refractivity contribution in [2.24, 2.45) is 0 Å². The van der Waals surface area contributed by atoms with Gasteiger partial charge in [0.25, 0.3) is 0 Å². The molecule has 0 bridgehead atoms. The Labute approximate surface area is 80.3 Å². The van der Waals surface area contributed by atoms with Gasteiger partial charge in [0.2, 0.25) is 0 Å². The predicted octanol–water partition coefficient (Wildman–Crippen LogP) is 0.877. The van der Waals surface area contributed by atoms with Crippen LogP contribution in [0.2, 0.25) is 0 Å². The molecule has 0 aromatic carbocycles. The Bertz CT molecular complexity index is 349. The number of nitro groups is 1. The summed E-state index contributed by atoms with van der Waals surface area (Å²) in [5.41, 5.74) is -0.0240. The average molecular weight is 197 g/mol.